The highest BCUT2D eigenvalue weighted by atomic mass is 32.1. The van der Waals surface area contributed by atoms with E-state index in [2.05, 4.69) is 36.3 Å². The maximum atomic E-state index is 5.70. The van der Waals surface area contributed by atoms with Crippen molar-refractivity contribution in [2.45, 2.75) is 32.7 Å². The van der Waals surface area contributed by atoms with Gasteiger partial charge in [0.05, 0.1) is 11.2 Å². The molecule has 0 fully saturated rings. The summed E-state index contributed by atoms with van der Waals surface area (Å²) in [5.41, 5.74) is 10.9. The molecule has 1 atom stereocenters. The first-order chi connectivity index (χ1) is 9.16. The number of nitrogens with one attached hydrogen (secondary N) is 1. The zero-order valence-corrected chi connectivity index (χ0v) is 12.3. The number of nitrogens with two attached hydrogens (primary N) is 1. The summed E-state index contributed by atoms with van der Waals surface area (Å²) in [4.78, 5) is 5.59. The van der Waals surface area contributed by atoms with E-state index in [-0.39, 0.29) is 0 Å². The molecule has 1 heterocycles. The van der Waals surface area contributed by atoms with Gasteiger partial charge in [-0.1, -0.05) is 19.1 Å². The number of aryl methyl sites for hydroxylation is 1. The van der Waals surface area contributed by atoms with Gasteiger partial charge in [0, 0.05) is 17.1 Å². The van der Waals surface area contributed by atoms with E-state index in [1.807, 2.05) is 17.6 Å². The molecule has 0 spiro atoms. The minimum absolute atomic E-state index is 0.552. The summed E-state index contributed by atoms with van der Waals surface area (Å²) in [5, 5.41) is 3.49. The zero-order chi connectivity index (χ0) is 13.7. The van der Waals surface area contributed by atoms with Crippen molar-refractivity contribution in [3.8, 4) is 0 Å². The number of nitrogens with zero attached hydrogens (tertiary/aromatic N) is 1. The smallest absolute Gasteiger partial charge is 0.0798 e. The van der Waals surface area contributed by atoms with Gasteiger partial charge in [0.15, 0.2) is 0 Å². The highest BCUT2D eigenvalue weighted by molar-refractivity contribution is 7.09. The molecule has 0 amide bonds. The number of nitrogen functional groups attached to an aromatic ring is 1. The second-order valence-electron chi connectivity index (χ2n) is 4.89. The minimum atomic E-state index is 0.552. The highest BCUT2D eigenvalue weighted by Crippen LogP contribution is 2.19. The van der Waals surface area contributed by atoms with Crippen LogP contribution in [0.1, 0.15) is 35.4 Å². The predicted molar refractivity (Wildman–Crippen MR) is 82.4 cm³/mol. The Hall–Kier alpha value is -1.39. The van der Waals surface area contributed by atoms with Crippen molar-refractivity contribution in [2.24, 2.45) is 0 Å². The second-order valence-corrected chi connectivity index (χ2v) is 5.83. The Kier molecular flexibility index (Phi) is 4.93. The average Bonchev–Trinajstić information content (AvgIpc) is 2.81. The van der Waals surface area contributed by atoms with Crippen LogP contribution in [0.3, 0.4) is 0 Å². The molecule has 1 unspecified atom stereocenters. The normalized spacial score (nSPS) is 12.5. The number of hydrogen-bond acceptors (Lipinski definition) is 4. The first-order valence-corrected chi connectivity index (χ1v) is 7.50. The van der Waals surface area contributed by atoms with E-state index in [9.17, 15) is 0 Å². The van der Waals surface area contributed by atoms with Crippen LogP contribution in [0.25, 0.3) is 0 Å². The second kappa shape index (κ2) is 6.68. The molecule has 1 aromatic heterocycles. The number of benzene rings is 1. The highest BCUT2D eigenvalue weighted by Gasteiger charge is 2.05. The maximum absolute atomic E-state index is 5.70. The lowest BCUT2D eigenvalue weighted by Crippen LogP contribution is -2.16. The van der Waals surface area contributed by atoms with Crippen LogP contribution in [-0.4, -0.2) is 11.5 Å². The number of anilines is 1. The molecule has 0 radical (unpaired) electrons. The number of aromatic nitrogens is 1. The number of hydrogen-bond donors (Lipinski definition) is 2. The average molecular weight is 275 g/mol. The van der Waals surface area contributed by atoms with Crippen molar-refractivity contribution in [3.63, 3.8) is 0 Å². The van der Waals surface area contributed by atoms with E-state index in [0.717, 1.165) is 30.9 Å². The lowest BCUT2D eigenvalue weighted by Gasteiger charge is -2.12. The Labute approximate surface area is 118 Å². The van der Waals surface area contributed by atoms with Gasteiger partial charge in [0.1, 0.15) is 0 Å². The molecule has 2 rings (SSSR count). The molecule has 3 N–H and O–H groups in total. The van der Waals surface area contributed by atoms with Gasteiger partial charge in [-0.15, -0.1) is 11.3 Å². The van der Waals surface area contributed by atoms with Crippen LogP contribution in [0.15, 0.2) is 29.8 Å². The standard InChI is InChI=1S/C15H21N3S/c1-11(13-3-5-14(16)6-4-13)7-8-17-9-15-12(2)18-10-19-15/h3-6,10-11,17H,7-9,16H2,1-2H3. The third-order valence-electron chi connectivity index (χ3n) is 3.39. The molecular formula is C15H21N3S. The van der Waals surface area contributed by atoms with Crippen molar-refractivity contribution in [1.29, 1.82) is 0 Å². The summed E-state index contributed by atoms with van der Waals surface area (Å²) < 4.78 is 0. The van der Waals surface area contributed by atoms with Crippen molar-refractivity contribution >= 4 is 17.0 Å². The molecule has 102 valence electrons. The van der Waals surface area contributed by atoms with Crippen LogP contribution in [0, 0.1) is 6.92 Å². The van der Waals surface area contributed by atoms with E-state index in [4.69, 9.17) is 5.73 Å². The van der Waals surface area contributed by atoms with Crippen molar-refractivity contribution in [2.75, 3.05) is 12.3 Å². The fourth-order valence-corrected chi connectivity index (χ4v) is 2.75. The van der Waals surface area contributed by atoms with Gasteiger partial charge in [-0.3, -0.25) is 0 Å². The zero-order valence-electron chi connectivity index (χ0n) is 11.5. The Morgan fingerprint density at radius 2 is 2.05 bits per heavy atom. The monoisotopic (exact) mass is 275 g/mol. The lowest BCUT2D eigenvalue weighted by molar-refractivity contribution is 0.596. The molecule has 4 heteroatoms. The molecule has 3 nitrogen and oxygen atoms in total. The fourth-order valence-electron chi connectivity index (χ4n) is 2.01. The number of rotatable bonds is 6. The summed E-state index contributed by atoms with van der Waals surface area (Å²) >= 11 is 1.72. The van der Waals surface area contributed by atoms with Crippen LogP contribution in [0.2, 0.25) is 0 Å². The van der Waals surface area contributed by atoms with Crippen LogP contribution < -0.4 is 11.1 Å². The van der Waals surface area contributed by atoms with Crippen LogP contribution >= 0.6 is 11.3 Å². The minimum Gasteiger partial charge on any atom is -0.399 e. The van der Waals surface area contributed by atoms with E-state index in [1.165, 1.54) is 10.4 Å². The molecule has 0 aliphatic rings. The predicted octanol–water partition coefficient (Wildman–Crippen LogP) is 3.32. The van der Waals surface area contributed by atoms with Crippen molar-refractivity contribution < 1.29 is 0 Å². The quantitative estimate of drug-likeness (QED) is 0.628. The Morgan fingerprint density at radius 3 is 2.68 bits per heavy atom. The Morgan fingerprint density at radius 1 is 1.32 bits per heavy atom. The summed E-state index contributed by atoms with van der Waals surface area (Å²) in [6, 6.07) is 8.18. The summed E-state index contributed by atoms with van der Waals surface area (Å²) in [6.45, 7) is 6.25. The first-order valence-electron chi connectivity index (χ1n) is 6.62. The largest absolute Gasteiger partial charge is 0.399 e. The molecule has 0 bridgehead atoms. The SMILES string of the molecule is Cc1ncsc1CNCCC(C)c1ccc(N)cc1. The topological polar surface area (TPSA) is 50.9 Å². The number of thiazole rings is 1. The van der Waals surface area contributed by atoms with Gasteiger partial charge in [0.2, 0.25) is 0 Å². The summed E-state index contributed by atoms with van der Waals surface area (Å²) in [6.07, 6.45) is 1.13. The molecular weight excluding hydrogens is 254 g/mol. The molecule has 0 aliphatic carbocycles. The van der Waals surface area contributed by atoms with E-state index >= 15 is 0 Å². The van der Waals surface area contributed by atoms with Gasteiger partial charge in [-0.2, -0.15) is 0 Å². The molecule has 2 aromatic rings. The van der Waals surface area contributed by atoms with Crippen molar-refractivity contribution in [1.82, 2.24) is 10.3 Å². The molecule has 0 saturated heterocycles. The van der Waals surface area contributed by atoms with Crippen LogP contribution in [0.5, 0.6) is 0 Å². The van der Waals surface area contributed by atoms with Gasteiger partial charge in [0.25, 0.3) is 0 Å². The third-order valence-corrected chi connectivity index (χ3v) is 4.33. The molecule has 19 heavy (non-hydrogen) atoms. The Balaban J connectivity index is 1.73. The van der Waals surface area contributed by atoms with Gasteiger partial charge >= 0.3 is 0 Å². The van der Waals surface area contributed by atoms with Crippen LogP contribution in [0.4, 0.5) is 5.69 Å². The maximum Gasteiger partial charge on any atom is 0.0798 e. The van der Waals surface area contributed by atoms with E-state index in [1.54, 1.807) is 11.3 Å². The summed E-state index contributed by atoms with van der Waals surface area (Å²) in [7, 11) is 0. The van der Waals surface area contributed by atoms with Gasteiger partial charge in [-0.25, -0.2) is 4.98 Å². The lowest BCUT2D eigenvalue weighted by atomic mass is 9.98. The van der Waals surface area contributed by atoms with Gasteiger partial charge in [-0.05, 0) is 43.5 Å². The molecule has 0 aliphatic heterocycles. The molecule has 0 saturated carbocycles. The fraction of sp³-hybridized carbons (Fsp3) is 0.400. The van der Waals surface area contributed by atoms with Gasteiger partial charge < -0.3 is 11.1 Å². The summed E-state index contributed by atoms with van der Waals surface area (Å²) in [5.74, 6) is 0.552. The third kappa shape index (κ3) is 4.04. The van der Waals surface area contributed by atoms with Crippen molar-refractivity contribution in [3.05, 3.63) is 45.9 Å². The molecule has 1 aromatic carbocycles. The van der Waals surface area contributed by atoms with Crippen LogP contribution in [-0.2, 0) is 6.54 Å². The Bertz CT molecular complexity index is 504. The first kappa shape index (κ1) is 14.0. The van der Waals surface area contributed by atoms with E-state index < -0.39 is 0 Å². The van der Waals surface area contributed by atoms with E-state index in [0.29, 0.717) is 5.92 Å².